The van der Waals surface area contributed by atoms with Crippen LogP contribution in [-0.4, -0.2) is 0 Å². The van der Waals surface area contributed by atoms with Crippen molar-refractivity contribution in [3.8, 4) is 0 Å². The Hall–Kier alpha value is -13.0. The molecule has 0 fully saturated rings. The molecule has 0 bridgehead atoms. The van der Waals surface area contributed by atoms with Crippen LogP contribution in [0.1, 0.15) is 243 Å². The summed E-state index contributed by atoms with van der Waals surface area (Å²) in [6, 6.07) is 150. The van der Waals surface area contributed by atoms with Crippen LogP contribution in [0, 0.1) is 0 Å². The predicted molar refractivity (Wildman–Crippen MR) is 506 cm³/mol. The summed E-state index contributed by atoms with van der Waals surface area (Å²) in [4.78, 5) is 0. The van der Waals surface area contributed by atoms with Gasteiger partial charge in [0.1, 0.15) is 0 Å². The van der Waals surface area contributed by atoms with E-state index >= 15 is 0 Å². The first-order chi connectivity index (χ1) is 60.5. The molecule has 30 rings (SSSR count). The SMILES string of the molecule is CC1c2cccc3cccc(c23)C1C1c2cccc3cccc(c23)C1C1c2cccc3cccc(c23)C1C1c2cccc3cccc(c23)C1C1c2cccc3cccc(c23)C1C1c2cccc3cccc(c23)C1C1c2cccc3cccc(c23)C1C1c2cccc3cccc(c23)C1C1c2cccc3cccc(c23)C1C1c2cccc3cccc(c23)C1C. The average molecular weight is 1550 g/mol. The van der Waals surface area contributed by atoms with E-state index in [1.54, 1.807) is 89.0 Å². The first-order valence-corrected chi connectivity index (χ1v) is 45.6. The van der Waals surface area contributed by atoms with E-state index < -0.39 is 0 Å². The topological polar surface area (TPSA) is 0 Å². The largest absolute Gasteiger partial charge is 0.0613 e. The van der Waals surface area contributed by atoms with Crippen molar-refractivity contribution in [1.82, 2.24) is 0 Å². The quantitative estimate of drug-likeness (QED) is 0.135. The van der Waals surface area contributed by atoms with Gasteiger partial charge in [-0.05, 0) is 337 Å². The standard InChI is InChI=1S/C122H86/c1-63-75-43-3-23-65-25-5-45-77(97(65)75)95(63)107-79-47-7-27-67-29-9-49-81(99(67)79)109(107)111-83-51-11-31-69-33-13-53-85(101(69)83)113(111)115-87-55-15-35-71-37-17-57-89(103(71)87)117(115)119-91-59-19-39-73-41-21-61-93(105(73)91)121(119)122-94-62-22-42-74-40-20-60-92(106(74)94)120(122)118-90-58-18-38-72-36-16-56-88(104(72)90)116(118)114-86-54-14-34-70-32-12-52-84(102(70)86)112(114)110-82-50-10-30-68-28-8-48-80(100(68)82)108(110)96-64(2)76-44-4-24-66-26-6-46-78(96)98(66)76/h3-64,95-96,107-122H,1-2H3. The van der Waals surface area contributed by atoms with Crippen molar-refractivity contribution >= 4 is 108 Å². The summed E-state index contributed by atoms with van der Waals surface area (Å²) in [5, 5.41) is 28.7. The van der Waals surface area contributed by atoms with Crippen molar-refractivity contribution in [2.45, 2.75) is 132 Å². The van der Waals surface area contributed by atoms with Crippen molar-refractivity contribution in [1.29, 1.82) is 0 Å². The molecule has 0 heteroatoms. The maximum absolute atomic E-state index is 2.67. The molecule has 122 heavy (non-hydrogen) atoms. The fourth-order valence-electron chi connectivity index (χ4n) is 31.5. The lowest BCUT2D eigenvalue weighted by Gasteiger charge is -2.46. The summed E-state index contributed by atoms with van der Waals surface area (Å²) in [5.74, 6) is 2.99. The molecule has 0 radical (unpaired) electrons. The molecule has 574 valence electrons. The molecule has 10 aliphatic rings. The molecule has 20 aromatic rings. The molecule has 0 heterocycles. The average Bonchev–Trinajstić information content (AvgIpc) is 1.51. The number of hydrogen-bond acceptors (Lipinski definition) is 0. The zero-order chi connectivity index (χ0) is 79.1. The minimum atomic E-state index is 0.0628. The van der Waals surface area contributed by atoms with Crippen molar-refractivity contribution in [2.75, 3.05) is 0 Å². The zero-order valence-electron chi connectivity index (χ0n) is 68.2. The summed E-state index contributed by atoms with van der Waals surface area (Å²) in [7, 11) is 0. The third-order valence-electron chi connectivity index (χ3n) is 34.8. The van der Waals surface area contributed by atoms with E-state index in [0.717, 1.165) is 0 Å². The van der Waals surface area contributed by atoms with Gasteiger partial charge in [-0.1, -0.05) is 378 Å². The van der Waals surface area contributed by atoms with E-state index in [2.05, 4.69) is 378 Å². The highest BCUT2D eigenvalue weighted by atomic mass is 14.7. The Morgan fingerprint density at radius 3 is 0.295 bits per heavy atom. The van der Waals surface area contributed by atoms with Crippen LogP contribution in [0.15, 0.2) is 364 Å². The molecule has 0 aromatic heterocycles. The number of rotatable bonds is 9. The fourth-order valence-corrected chi connectivity index (χ4v) is 31.5. The van der Waals surface area contributed by atoms with Crippen LogP contribution in [0.5, 0.6) is 0 Å². The van der Waals surface area contributed by atoms with Crippen molar-refractivity contribution in [3.05, 3.63) is 475 Å². The zero-order valence-corrected chi connectivity index (χ0v) is 68.2. The summed E-state index contributed by atoms with van der Waals surface area (Å²) < 4.78 is 0. The van der Waals surface area contributed by atoms with Crippen LogP contribution in [0.25, 0.3) is 108 Å². The van der Waals surface area contributed by atoms with Crippen LogP contribution >= 0.6 is 0 Å². The van der Waals surface area contributed by atoms with Gasteiger partial charge in [-0.25, -0.2) is 0 Å². The Labute approximate surface area is 710 Å². The first-order valence-electron chi connectivity index (χ1n) is 45.6. The van der Waals surface area contributed by atoms with Gasteiger partial charge in [0.15, 0.2) is 0 Å². The Morgan fingerprint density at radius 2 is 0.180 bits per heavy atom. The molecular formula is C122H86. The second-order valence-electron chi connectivity index (χ2n) is 39.0. The van der Waals surface area contributed by atoms with E-state index in [9.17, 15) is 0 Å². The molecule has 20 atom stereocenters. The van der Waals surface area contributed by atoms with E-state index in [1.807, 2.05) is 0 Å². The van der Waals surface area contributed by atoms with Gasteiger partial charge >= 0.3 is 0 Å². The van der Waals surface area contributed by atoms with Crippen LogP contribution in [0.4, 0.5) is 0 Å². The van der Waals surface area contributed by atoms with Gasteiger partial charge in [-0.15, -0.1) is 0 Å². The molecule has 0 N–H and O–H groups in total. The van der Waals surface area contributed by atoms with Gasteiger partial charge in [0.2, 0.25) is 0 Å². The van der Waals surface area contributed by atoms with Gasteiger partial charge < -0.3 is 0 Å². The Kier molecular flexibility index (Phi) is 13.1. The highest BCUT2D eigenvalue weighted by molar-refractivity contribution is 6.05. The van der Waals surface area contributed by atoms with Crippen LogP contribution in [0.3, 0.4) is 0 Å². The van der Waals surface area contributed by atoms with E-state index in [1.165, 1.54) is 130 Å². The molecule has 10 aliphatic carbocycles. The maximum atomic E-state index is 2.67. The first kappa shape index (κ1) is 66.8. The third kappa shape index (κ3) is 8.20. The van der Waals surface area contributed by atoms with Gasteiger partial charge in [0.05, 0.1) is 0 Å². The molecule has 0 saturated carbocycles. The summed E-state index contributed by atoms with van der Waals surface area (Å²) in [6.07, 6.45) is 0. The minimum Gasteiger partial charge on any atom is -0.0613 e. The molecule has 0 spiro atoms. The molecule has 0 amide bonds. The Morgan fingerprint density at radius 1 is 0.0984 bits per heavy atom. The second-order valence-corrected chi connectivity index (χ2v) is 39.0. The van der Waals surface area contributed by atoms with Gasteiger partial charge in [0, 0.05) is 0 Å². The lowest BCUT2D eigenvalue weighted by atomic mass is 9.56. The normalized spacial score (nSPS) is 27.6. The number of benzene rings is 20. The second kappa shape index (κ2) is 24.0. The van der Waals surface area contributed by atoms with Gasteiger partial charge in [-0.2, -0.15) is 0 Å². The summed E-state index contributed by atoms with van der Waals surface area (Å²) in [6.45, 7) is 5.19. The van der Waals surface area contributed by atoms with Crippen LogP contribution in [-0.2, 0) is 0 Å². The van der Waals surface area contributed by atoms with Crippen molar-refractivity contribution in [3.63, 3.8) is 0 Å². The minimum absolute atomic E-state index is 0.0628. The molecule has 20 unspecified atom stereocenters. The van der Waals surface area contributed by atoms with E-state index in [4.69, 9.17) is 0 Å². The highest BCUT2D eigenvalue weighted by Gasteiger charge is 2.63. The Bertz CT molecular complexity index is 7530. The van der Waals surface area contributed by atoms with Crippen LogP contribution in [0.2, 0.25) is 0 Å². The number of hydrogen-bond donors (Lipinski definition) is 0. The molecule has 20 aromatic carbocycles. The Balaban J connectivity index is 0.661. The fraction of sp³-hybridized carbons (Fsp3) is 0.180. The van der Waals surface area contributed by atoms with Crippen molar-refractivity contribution in [2.24, 2.45) is 0 Å². The lowest BCUT2D eigenvalue weighted by molar-refractivity contribution is 0.270. The van der Waals surface area contributed by atoms with Gasteiger partial charge in [-0.3, -0.25) is 0 Å². The molecule has 0 saturated heterocycles. The highest BCUT2D eigenvalue weighted by Crippen LogP contribution is 2.79. The smallest absolute Gasteiger partial charge is 0.000534 e. The molecular weight excluding hydrogens is 1470 g/mol. The monoisotopic (exact) mass is 1550 g/mol. The summed E-state index contributed by atoms with van der Waals surface area (Å²) >= 11 is 0. The van der Waals surface area contributed by atoms with Gasteiger partial charge in [0.25, 0.3) is 0 Å². The van der Waals surface area contributed by atoms with E-state index in [0.29, 0.717) is 11.8 Å². The maximum Gasteiger partial charge on any atom is -0.000534 e. The van der Waals surface area contributed by atoms with Crippen molar-refractivity contribution < 1.29 is 0 Å². The lowest BCUT2D eigenvalue weighted by Crippen LogP contribution is -2.32. The predicted octanol–water partition coefficient (Wildman–Crippen LogP) is 31.4. The summed E-state index contributed by atoms with van der Waals surface area (Å²) in [5.41, 5.74) is 30.8. The third-order valence-corrected chi connectivity index (χ3v) is 34.8. The van der Waals surface area contributed by atoms with Crippen LogP contribution < -0.4 is 0 Å². The molecule has 0 nitrogen and oxygen atoms in total. The van der Waals surface area contributed by atoms with E-state index in [-0.39, 0.29) is 107 Å². The molecule has 0 aliphatic heterocycles.